The molecule has 2 aromatic carbocycles. The van der Waals surface area contributed by atoms with Gasteiger partial charge in [0.15, 0.2) is 0 Å². The first-order valence-corrected chi connectivity index (χ1v) is 8.55. The molecule has 5 heteroatoms. The molecule has 1 amide bonds. The van der Waals surface area contributed by atoms with Gasteiger partial charge >= 0.3 is 0 Å². The molecule has 0 spiro atoms. The van der Waals surface area contributed by atoms with E-state index < -0.39 is 0 Å². The van der Waals surface area contributed by atoms with E-state index in [9.17, 15) is 4.79 Å². The third-order valence-electron chi connectivity index (χ3n) is 4.41. The number of nitrogens with zero attached hydrogens (tertiary/aromatic N) is 1. The topological polar surface area (TPSA) is 51.9 Å². The van der Waals surface area contributed by atoms with E-state index in [-0.39, 0.29) is 5.91 Å². The van der Waals surface area contributed by atoms with Crippen LogP contribution in [0.3, 0.4) is 0 Å². The molecule has 5 nitrogen and oxygen atoms in total. The van der Waals surface area contributed by atoms with Gasteiger partial charge in [-0.2, -0.15) is 0 Å². The number of fused-ring (bicyclic) bond motifs is 1. The molecule has 0 radical (unpaired) electrons. The van der Waals surface area contributed by atoms with Crippen molar-refractivity contribution in [1.29, 1.82) is 0 Å². The molecule has 0 bridgehead atoms. The number of aryl methyl sites for hydroxylation is 1. The minimum absolute atomic E-state index is 0.0249. The van der Waals surface area contributed by atoms with Gasteiger partial charge in [-0.05, 0) is 30.7 Å². The molecule has 0 saturated carbocycles. The summed E-state index contributed by atoms with van der Waals surface area (Å²) in [5, 5.41) is 0.934. The Morgan fingerprint density at radius 1 is 1.19 bits per heavy atom. The van der Waals surface area contributed by atoms with Crippen molar-refractivity contribution in [1.82, 2.24) is 4.90 Å². The molecule has 0 saturated heterocycles. The zero-order chi connectivity index (χ0) is 18.5. The van der Waals surface area contributed by atoms with Crippen LogP contribution in [0.5, 0.6) is 11.5 Å². The van der Waals surface area contributed by atoms with E-state index in [0.717, 1.165) is 33.6 Å². The summed E-state index contributed by atoms with van der Waals surface area (Å²) < 4.78 is 16.5. The summed E-state index contributed by atoms with van der Waals surface area (Å²) in [7, 11) is 3.40. The lowest BCUT2D eigenvalue weighted by Gasteiger charge is -2.18. The number of para-hydroxylation sites is 1. The summed E-state index contributed by atoms with van der Waals surface area (Å²) in [6.07, 6.45) is 1.93. The van der Waals surface area contributed by atoms with Gasteiger partial charge in [0.05, 0.1) is 26.3 Å². The average molecular weight is 353 g/mol. The van der Waals surface area contributed by atoms with Crippen LogP contribution in [-0.2, 0) is 11.2 Å². The van der Waals surface area contributed by atoms with Crippen LogP contribution >= 0.6 is 0 Å². The number of hydrogen-bond acceptors (Lipinski definition) is 4. The van der Waals surface area contributed by atoms with Crippen molar-refractivity contribution in [2.45, 2.75) is 13.3 Å². The van der Waals surface area contributed by atoms with Gasteiger partial charge in [-0.1, -0.05) is 18.2 Å². The van der Waals surface area contributed by atoms with Gasteiger partial charge in [-0.3, -0.25) is 4.79 Å². The molecule has 0 N–H and O–H groups in total. The Balaban J connectivity index is 1.56. The summed E-state index contributed by atoms with van der Waals surface area (Å²) in [5.41, 5.74) is 2.68. The number of amides is 1. The van der Waals surface area contributed by atoms with Gasteiger partial charge in [0.1, 0.15) is 23.7 Å². The quantitative estimate of drug-likeness (QED) is 0.648. The fourth-order valence-electron chi connectivity index (χ4n) is 2.76. The highest BCUT2D eigenvalue weighted by Crippen LogP contribution is 2.26. The van der Waals surface area contributed by atoms with Crippen molar-refractivity contribution in [3.63, 3.8) is 0 Å². The zero-order valence-electron chi connectivity index (χ0n) is 15.3. The van der Waals surface area contributed by atoms with Crippen molar-refractivity contribution in [3.05, 3.63) is 59.9 Å². The van der Waals surface area contributed by atoms with E-state index in [1.807, 2.05) is 49.4 Å². The van der Waals surface area contributed by atoms with Gasteiger partial charge in [-0.25, -0.2) is 0 Å². The van der Waals surface area contributed by atoms with Gasteiger partial charge in [-0.15, -0.1) is 0 Å². The smallest absolute Gasteiger partial charge is 0.226 e. The molecule has 0 unspecified atom stereocenters. The highest BCUT2D eigenvalue weighted by atomic mass is 16.5. The van der Waals surface area contributed by atoms with E-state index in [1.165, 1.54) is 0 Å². The second kappa shape index (κ2) is 7.95. The Morgan fingerprint density at radius 2 is 2.00 bits per heavy atom. The van der Waals surface area contributed by atoms with Crippen LogP contribution in [0.4, 0.5) is 0 Å². The van der Waals surface area contributed by atoms with Crippen molar-refractivity contribution in [3.8, 4) is 11.5 Å². The third-order valence-corrected chi connectivity index (χ3v) is 4.41. The molecule has 0 aliphatic carbocycles. The van der Waals surface area contributed by atoms with E-state index in [1.54, 1.807) is 25.3 Å². The summed E-state index contributed by atoms with van der Waals surface area (Å²) >= 11 is 0. The Kier molecular flexibility index (Phi) is 5.46. The first kappa shape index (κ1) is 17.9. The van der Waals surface area contributed by atoms with Crippen LogP contribution in [0, 0.1) is 6.92 Å². The second-order valence-corrected chi connectivity index (χ2v) is 6.23. The zero-order valence-corrected chi connectivity index (χ0v) is 15.3. The van der Waals surface area contributed by atoms with E-state index in [0.29, 0.717) is 19.6 Å². The third kappa shape index (κ3) is 3.99. The maximum Gasteiger partial charge on any atom is 0.226 e. The van der Waals surface area contributed by atoms with E-state index in [4.69, 9.17) is 13.9 Å². The number of furan rings is 1. The Labute approximate surface area is 153 Å². The predicted molar refractivity (Wildman–Crippen MR) is 101 cm³/mol. The monoisotopic (exact) mass is 353 g/mol. The van der Waals surface area contributed by atoms with E-state index in [2.05, 4.69) is 0 Å². The summed E-state index contributed by atoms with van der Waals surface area (Å²) in [6, 6.07) is 13.5. The highest BCUT2D eigenvalue weighted by molar-refractivity contribution is 5.88. The highest BCUT2D eigenvalue weighted by Gasteiger charge is 2.14. The van der Waals surface area contributed by atoms with Gasteiger partial charge in [0.25, 0.3) is 0 Å². The fraction of sp³-hybridized carbons (Fsp3) is 0.286. The number of methoxy groups -OCH3 is 1. The molecule has 1 heterocycles. The van der Waals surface area contributed by atoms with Crippen molar-refractivity contribution in [2.24, 2.45) is 0 Å². The van der Waals surface area contributed by atoms with E-state index >= 15 is 0 Å². The first-order valence-electron chi connectivity index (χ1n) is 8.55. The number of benzene rings is 2. The van der Waals surface area contributed by atoms with Crippen molar-refractivity contribution in [2.75, 3.05) is 27.3 Å². The fourth-order valence-corrected chi connectivity index (χ4v) is 2.76. The molecule has 136 valence electrons. The number of carbonyl (C=O) groups excluding carboxylic acids is 1. The predicted octanol–water partition coefficient (Wildman–Crippen LogP) is 3.83. The Bertz CT molecular complexity index is 900. The molecular formula is C21H23NO4. The molecule has 0 aliphatic rings. The molecule has 1 aromatic heterocycles. The molecule has 0 fully saturated rings. The van der Waals surface area contributed by atoms with Crippen molar-refractivity contribution < 1.29 is 18.7 Å². The number of carbonyl (C=O) groups is 1. The van der Waals surface area contributed by atoms with Crippen LogP contribution in [0.2, 0.25) is 0 Å². The first-order chi connectivity index (χ1) is 12.6. The largest absolute Gasteiger partial charge is 0.497 e. The summed E-state index contributed by atoms with van der Waals surface area (Å²) in [4.78, 5) is 14.2. The van der Waals surface area contributed by atoms with Gasteiger partial charge in [0.2, 0.25) is 5.91 Å². The lowest BCUT2D eigenvalue weighted by atomic mass is 10.1. The number of ether oxygens (including phenoxy) is 2. The number of hydrogen-bond donors (Lipinski definition) is 0. The van der Waals surface area contributed by atoms with Gasteiger partial charge in [0, 0.05) is 24.1 Å². The maximum absolute atomic E-state index is 12.5. The molecular weight excluding hydrogens is 330 g/mol. The number of rotatable bonds is 7. The number of likely N-dealkylation sites (N-methyl/N-ethyl adjacent to an activating group) is 1. The molecule has 26 heavy (non-hydrogen) atoms. The molecule has 3 rings (SSSR count). The van der Waals surface area contributed by atoms with Crippen LogP contribution in [0.1, 0.15) is 11.1 Å². The SMILES string of the molecule is COc1ccc2c(CC(=O)N(C)CCOc3ccccc3C)coc2c1. The maximum atomic E-state index is 12.5. The summed E-state index contributed by atoms with van der Waals surface area (Å²) in [6.45, 7) is 2.98. The van der Waals surface area contributed by atoms with Crippen LogP contribution in [0.15, 0.2) is 53.1 Å². The molecule has 0 atom stereocenters. The van der Waals surface area contributed by atoms with Crippen molar-refractivity contribution >= 4 is 16.9 Å². The lowest BCUT2D eigenvalue weighted by molar-refractivity contribution is -0.129. The normalized spacial score (nSPS) is 10.7. The second-order valence-electron chi connectivity index (χ2n) is 6.23. The minimum Gasteiger partial charge on any atom is -0.497 e. The molecule has 0 aliphatic heterocycles. The van der Waals surface area contributed by atoms with Crippen LogP contribution < -0.4 is 9.47 Å². The lowest BCUT2D eigenvalue weighted by Crippen LogP contribution is -2.32. The van der Waals surface area contributed by atoms with Crippen LogP contribution in [0.25, 0.3) is 11.0 Å². The Hall–Kier alpha value is -2.95. The van der Waals surface area contributed by atoms with Crippen LogP contribution in [-0.4, -0.2) is 38.1 Å². The molecule has 3 aromatic rings. The summed E-state index contributed by atoms with van der Waals surface area (Å²) in [5.74, 6) is 1.61. The van der Waals surface area contributed by atoms with Gasteiger partial charge < -0.3 is 18.8 Å². The minimum atomic E-state index is 0.0249. The Morgan fingerprint density at radius 3 is 2.77 bits per heavy atom. The standard InChI is InChI=1S/C21H23NO4/c1-15-6-4-5-7-19(15)25-11-10-22(2)21(23)12-16-14-26-20-13-17(24-3)8-9-18(16)20/h4-9,13-14H,10-12H2,1-3H3. The average Bonchev–Trinajstić information content (AvgIpc) is 3.05.